The Bertz CT molecular complexity index is 846. The van der Waals surface area contributed by atoms with Crippen LogP contribution < -0.4 is 9.64 Å². The van der Waals surface area contributed by atoms with Crippen LogP contribution in [0, 0.1) is 0 Å². The number of hydrogen-bond acceptors (Lipinski definition) is 6. The van der Waals surface area contributed by atoms with Gasteiger partial charge in [-0.05, 0) is 32.0 Å². The zero-order valence-electron chi connectivity index (χ0n) is 15.0. The SMILES string of the molecule is COCCN(C)c1cc(-c2n[nH]c3ccc(OC(C)C)cc23)ncn1. The van der Waals surface area contributed by atoms with Gasteiger partial charge in [0.2, 0.25) is 0 Å². The first-order valence-corrected chi connectivity index (χ1v) is 8.25. The predicted molar refractivity (Wildman–Crippen MR) is 98.0 cm³/mol. The van der Waals surface area contributed by atoms with E-state index in [2.05, 4.69) is 20.2 Å². The summed E-state index contributed by atoms with van der Waals surface area (Å²) < 4.78 is 10.9. The first-order valence-electron chi connectivity index (χ1n) is 8.25. The molecule has 2 aromatic heterocycles. The molecule has 0 spiro atoms. The number of hydrogen-bond donors (Lipinski definition) is 1. The number of H-pyrrole nitrogens is 1. The summed E-state index contributed by atoms with van der Waals surface area (Å²) in [4.78, 5) is 10.8. The van der Waals surface area contributed by atoms with Crippen LogP contribution in [0.4, 0.5) is 5.82 Å². The van der Waals surface area contributed by atoms with Crippen molar-refractivity contribution < 1.29 is 9.47 Å². The van der Waals surface area contributed by atoms with E-state index in [1.807, 2.05) is 50.1 Å². The van der Waals surface area contributed by atoms with Crippen molar-refractivity contribution in [1.29, 1.82) is 0 Å². The quantitative estimate of drug-likeness (QED) is 0.712. The lowest BCUT2D eigenvalue weighted by molar-refractivity contribution is 0.206. The Balaban J connectivity index is 1.95. The van der Waals surface area contributed by atoms with Gasteiger partial charge in [-0.2, -0.15) is 5.10 Å². The van der Waals surface area contributed by atoms with Gasteiger partial charge in [-0.1, -0.05) is 0 Å². The molecule has 3 aromatic rings. The summed E-state index contributed by atoms with van der Waals surface area (Å²) in [7, 11) is 3.66. The zero-order chi connectivity index (χ0) is 17.8. The second kappa shape index (κ2) is 7.48. The van der Waals surface area contributed by atoms with Gasteiger partial charge >= 0.3 is 0 Å². The van der Waals surface area contributed by atoms with Gasteiger partial charge in [-0.15, -0.1) is 0 Å². The highest BCUT2D eigenvalue weighted by Crippen LogP contribution is 2.29. The number of nitrogens with zero attached hydrogens (tertiary/aromatic N) is 4. The molecule has 0 saturated carbocycles. The minimum atomic E-state index is 0.118. The van der Waals surface area contributed by atoms with Crippen molar-refractivity contribution in [2.75, 3.05) is 32.2 Å². The normalized spacial score (nSPS) is 11.2. The van der Waals surface area contributed by atoms with Gasteiger partial charge in [-0.3, -0.25) is 5.10 Å². The van der Waals surface area contributed by atoms with Crippen molar-refractivity contribution in [2.45, 2.75) is 20.0 Å². The minimum Gasteiger partial charge on any atom is -0.491 e. The second-order valence-electron chi connectivity index (χ2n) is 6.12. The third-order valence-electron chi connectivity index (χ3n) is 3.82. The molecule has 0 aliphatic heterocycles. The molecule has 0 saturated heterocycles. The molecule has 1 N–H and O–H groups in total. The molecule has 7 nitrogen and oxygen atoms in total. The molecule has 7 heteroatoms. The average molecular weight is 341 g/mol. The molecule has 0 aliphatic carbocycles. The summed E-state index contributed by atoms with van der Waals surface area (Å²) >= 11 is 0. The number of aromatic amines is 1. The summed E-state index contributed by atoms with van der Waals surface area (Å²) in [5, 5.41) is 8.46. The van der Waals surface area contributed by atoms with Crippen LogP contribution in [0.2, 0.25) is 0 Å². The van der Waals surface area contributed by atoms with Gasteiger partial charge in [0.15, 0.2) is 0 Å². The van der Waals surface area contributed by atoms with Crippen molar-refractivity contribution in [3.8, 4) is 17.1 Å². The van der Waals surface area contributed by atoms with Gasteiger partial charge < -0.3 is 14.4 Å². The standard InChI is InChI=1S/C18H23N5O2/c1-12(2)25-13-5-6-15-14(9-13)18(22-21-15)16-10-17(20-11-19-16)23(3)7-8-24-4/h5-6,9-12H,7-8H2,1-4H3,(H,21,22). The van der Waals surface area contributed by atoms with E-state index in [9.17, 15) is 0 Å². The van der Waals surface area contributed by atoms with Crippen molar-refractivity contribution in [3.05, 3.63) is 30.6 Å². The van der Waals surface area contributed by atoms with Gasteiger partial charge in [0, 0.05) is 32.2 Å². The van der Waals surface area contributed by atoms with Crippen LogP contribution in [0.25, 0.3) is 22.3 Å². The number of likely N-dealkylation sites (N-methyl/N-ethyl adjacent to an activating group) is 1. The van der Waals surface area contributed by atoms with Crippen LogP contribution >= 0.6 is 0 Å². The first-order chi connectivity index (χ1) is 12.1. The Hall–Kier alpha value is -2.67. The third kappa shape index (κ3) is 3.88. The van der Waals surface area contributed by atoms with Gasteiger partial charge in [0.05, 0.1) is 23.9 Å². The molecule has 132 valence electrons. The number of fused-ring (bicyclic) bond motifs is 1. The van der Waals surface area contributed by atoms with Gasteiger partial charge in [0.25, 0.3) is 0 Å². The van der Waals surface area contributed by atoms with E-state index in [0.29, 0.717) is 6.61 Å². The van der Waals surface area contributed by atoms with E-state index in [1.54, 1.807) is 13.4 Å². The average Bonchev–Trinajstić information content (AvgIpc) is 3.02. The van der Waals surface area contributed by atoms with E-state index >= 15 is 0 Å². The van der Waals surface area contributed by atoms with E-state index in [0.717, 1.165) is 40.4 Å². The number of methoxy groups -OCH3 is 1. The van der Waals surface area contributed by atoms with Crippen LogP contribution in [0.3, 0.4) is 0 Å². The lowest BCUT2D eigenvalue weighted by Gasteiger charge is -2.17. The summed E-state index contributed by atoms with van der Waals surface area (Å²) in [5.41, 5.74) is 2.49. The van der Waals surface area contributed by atoms with E-state index in [4.69, 9.17) is 9.47 Å². The molecule has 0 fully saturated rings. The Morgan fingerprint density at radius 1 is 1.20 bits per heavy atom. The number of ether oxygens (including phenoxy) is 2. The highest BCUT2D eigenvalue weighted by Gasteiger charge is 2.13. The molecule has 3 rings (SSSR count). The third-order valence-corrected chi connectivity index (χ3v) is 3.82. The number of benzene rings is 1. The Morgan fingerprint density at radius 3 is 2.80 bits per heavy atom. The lowest BCUT2D eigenvalue weighted by Crippen LogP contribution is -2.23. The zero-order valence-corrected chi connectivity index (χ0v) is 15.0. The number of nitrogens with one attached hydrogen (secondary N) is 1. The molecular formula is C18H23N5O2. The summed E-state index contributed by atoms with van der Waals surface area (Å²) in [6.45, 7) is 5.40. The van der Waals surface area contributed by atoms with Crippen LogP contribution in [-0.2, 0) is 4.74 Å². The van der Waals surface area contributed by atoms with Crippen LogP contribution in [-0.4, -0.2) is 53.6 Å². The number of aromatic nitrogens is 4. The first kappa shape index (κ1) is 17.2. The molecule has 0 bridgehead atoms. The predicted octanol–water partition coefficient (Wildman–Crippen LogP) is 2.89. The highest BCUT2D eigenvalue weighted by atomic mass is 16.5. The monoisotopic (exact) mass is 341 g/mol. The smallest absolute Gasteiger partial charge is 0.132 e. The maximum Gasteiger partial charge on any atom is 0.132 e. The van der Waals surface area contributed by atoms with Crippen LogP contribution in [0.5, 0.6) is 5.75 Å². The molecular weight excluding hydrogens is 318 g/mol. The molecule has 2 heterocycles. The topological polar surface area (TPSA) is 76.2 Å². The van der Waals surface area contributed by atoms with E-state index in [-0.39, 0.29) is 6.10 Å². The Labute approximate surface area is 147 Å². The highest BCUT2D eigenvalue weighted by molar-refractivity contribution is 5.93. The maximum absolute atomic E-state index is 5.79. The van der Waals surface area contributed by atoms with Crippen molar-refractivity contribution in [1.82, 2.24) is 20.2 Å². The molecule has 25 heavy (non-hydrogen) atoms. The Morgan fingerprint density at radius 2 is 2.04 bits per heavy atom. The molecule has 0 unspecified atom stereocenters. The fraction of sp³-hybridized carbons (Fsp3) is 0.389. The van der Waals surface area contributed by atoms with Crippen molar-refractivity contribution in [2.24, 2.45) is 0 Å². The van der Waals surface area contributed by atoms with Crippen molar-refractivity contribution in [3.63, 3.8) is 0 Å². The van der Waals surface area contributed by atoms with E-state index < -0.39 is 0 Å². The summed E-state index contributed by atoms with van der Waals surface area (Å²) in [6, 6.07) is 7.83. The summed E-state index contributed by atoms with van der Waals surface area (Å²) in [5.74, 6) is 1.64. The maximum atomic E-state index is 5.79. The second-order valence-corrected chi connectivity index (χ2v) is 6.12. The minimum absolute atomic E-state index is 0.118. The molecule has 1 aromatic carbocycles. The largest absolute Gasteiger partial charge is 0.491 e. The lowest BCUT2D eigenvalue weighted by atomic mass is 10.1. The fourth-order valence-corrected chi connectivity index (χ4v) is 2.56. The van der Waals surface area contributed by atoms with Gasteiger partial charge in [0.1, 0.15) is 23.6 Å². The van der Waals surface area contributed by atoms with Crippen LogP contribution in [0.15, 0.2) is 30.6 Å². The molecule has 0 aliphatic rings. The number of anilines is 1. The fourth-order valence-electron chi connectivity index (χ4n) is 2.56. The molecule has 0 amide bonds. The van der Waals surface area contributed by atoms with Crippen LogP contribution in [0.1, 0.15) is 13.8 Å². The Kier molecular flexibility index (Phi) is 5.14. The summed E-state index contributed by atoms with van der Waals surface area (Å²) in [6.07, 6.45) is 1.68. The number of rotatable bonds is 7. The molecule has 0 radical (unpaired) electrons. The van der Waals surface area contributed by atoms with Crippen molar-refractivity contribution >= 4 is 16.7 Å². The van der Waals surface area contributed by atoms with Gasteiger partial charge in [-0.25, -0.2) is 9.97 Å². The van der Waals surface area contributed by atoms with E-state index in [1.165, 1.54) is 0 Å². The molecule has 0 atom stereocenters.